The molecule has 1 amide bonds. The summed E-state index contributed by atoms with van der Waals surface area (Å²) in [6, 6.07) is 4.39. The normalized spacial score (nSPS) is 22.0. The van der Waals surface area contributed by atoms with Crippen LogP contribution in [0.2, 0.25) is 0 Å². The molecule has 2 aliphatic heterocycles. The highest BCUT2D eigenvalue weighted by Gasteiger charge is 2.30. The van der Waals surface area contributed by atoms with Crippen LogP contribution in [0.5, 0.6) is 11.5 Å². The number of ether oxygens (including phenoxy) is 3. The molecule has 1 N–H and O–H groups in total. The van der Waals surface area contributed by atoms with Gasteiger partial charge >= 0.3 is 5.97 Å². The molecule has 0 unspecified atom stereocenters. The molecule has 2 heterocycles. The molecule has 10 heteroatoms. The Morgan fingerprint density at radius 1 is 1.16 bits per heavy atom. The van der Waals surface area contributed by atoms with Gasteiger partial charge in [0.2, 0.25) is 10.0 Å². The molecule has 0 spiro atoms. The summed E-state index contributed by atoms with van der Waals surface area (Å²) in [5.41, 5.74) is 0. The zero-order valence-corrected chi connectivity index (χ0v) is 19.7. The predicted molar refractivity (Wildman–Crippen MR) is 117 cm³/mol. The van der Waals surface area contributed by atoms with E-state index in [1.165, 1.54) is 12.1 Å². The molecule has 2 aliphatic rings. The van der Waals surface area contributed by atoms with Gasteiger partial charge in [-0.15, -0.1) is 0 Å². The van der Waals surface area contributed by atoms with Crippen LogP contribution in [0.25, 0.3) is 0 Å². The van der Waals surface area contributed by atoms with Crippen LogP contribution in [0.3, 0.4) is 0 Å². The Morgan fingerprint density at radius 3 is 2.50 bits per heavy atom. The van der Waals surface area contributed by atoms with Gasteiger partial charge in [0.25, 0.3) is 5.91 Å². The Morgan fingerprint density at radius 2 is 1.81 bits per heavy atom. The molecule has 0 radical (unpaired) electrons. The summed E-state index contributed by atoms with van der Waals surface area (Å²) < 4.78 is 43.8. The van der Waals surface area contributed by atoms with Crippen molar-refractivity contribution in [2.75, 3.05) is 32.8 Å². The second-order valence-electron chi connectivity index (χ2n) is 8.63. The van der Waals surface area contributed by atoms with Crippen molar-refractivity contribution in [1.82, 2.24) is 9.62 Å². The number of hydrogen-bond donors (Lipinski definition) is 1. The van der Waals surface area contributed by atoms with Crippen molar-refractivity contribution in [3.05, 3.63) is 18.2 Å². The van der Waals surface area contributed by atoms with E-state index in [4.69, 9.17) is 14.2 Å². The second kappa shape index (κ2) is 10.5. The minimum atomic E-state index is -3.84. The molecule has 1 aromatic rings. The van der Waals surface area contributed by atoms with Gasteiger partial charge in [-0.3, -0.25) is 9.59 Å². The lowest BCUT2D eigenvalue weighted by Crippen LogP contribution is -2.47. The highest BCUT2D eigenvalue weighted by atomic mass is 32.2. The second-order valence-corrected chi connectivity index (χ2v) is 10.4. The topological polar surface area (TPSA) is 111 Å². The Hall–Kier alpha value is -2.33. The molecule has 1 aromatic carbocycles. The Kier molecular flexibility index (Phi) is 8.00. The summed E-state index contributed by atoms with van der Waals surface area (Å²) in [4.78, 5) is 26.5. The summed E-state index contributed by atoms with van der Waals surface area (Å²) in [6.45, 7) is 7.86. The van der Waals surface area contributed by atoms with E-state index in [1.807, 2.05) is 0 Å². The molecule has 1 fully saturated rings. The van der Waals surface area contributed by atoms with Crippen LogP contribution in [-0.4, -0.2) is 64.1 Å². The van der Waals surface area contributed by atoms with Gasteiger partial charge in [0.1, 0.15) is 0 Å². The van der Waals surface area contributed by atoms with Crippen molar-refractivity contribution in [2.24, 2.45) is 11.8 Å². The van der Waals surface area contributed by atoms with E-state index in [-0.39, 0.29) is 23.8 Å². The Labute approximate surface area is 189 Å². The Bertz CT molecular complexity index is 924. The molecular formula is C22H32N2O7S. The molecule has 3 atom stereocenters. The van der Waals surface area contributed by atoms with Crippen LogP contribution in [0.1, 0.15) is 40.0 Å². The molecule has 3 rings (SSSR count). The van der Waals surface area contributed by atoms with Gasteiger partial charge in [0.15, 0.2) is 17.6 Å². The number of amides is 1. The number of hydrogen-bond acceptors (Lipinski definition) is 7. The quantitative estimate of drug-likeness (QED) is 0.609. The van der Waals surface area contributed by atoms with E-state index < -0.39 is 22.1 Å². The largest absolute Gasteiger partial charge is 0.490 e. The summed E-state index contributed by atoms with van der Waals surface area (Å²) in [5.74, 6) is 0.837. The summed E-state index contributed by atoms with van der Waals surface area (Å²) >= 11 is 0. The fraction of sp³-hybridized carbons (Fsp3) is 0.636. The minimum absolute atomic E-state index is 0.0204. The maximum absolute atomic E-state index is 12.6. The fourth-order valence-electron chi connectivity index (χ4n) is 4.09. The first kappa shape index (κ1) is 24.3. The van der Waals surface area contributed by atoms with Crippen LogP contribution >= 0.6 is 0 Å². The van der Waals surface area contributed by atoms with Crippen LogP contribution in [-0.2, 0) is 24.3 Å². The van der Waals surface area contributed by atoms with E-state index in [0.29, 0.717) is 56.1 Å². The molecule has 32 heavy (non-hydrogen) atoms. The molecule has 0 bridgehead atoms. The molecule has 0 aliphatic carbocycles. The van der Waals surface area contributed by atoms with Gasteiger partial charge in [-0.2, -0.15) is 0 Å². The third-order valence-corrected chi connectivity index (χ3v) is 6.95. The lowest BCUT2D eigenvalue weighted by Gasteiger charge is -2.36. The van der Waals surface area contributed by atoms with Crippen molar-refractivity contribution in [3.63, 3.8) is 0 Å². The molecule has 178 valence electrons. The predicted octanol–water partition coefficient (Wildman–Crippen LogP) is 1.95. The molecule has 0 saturated carbocycles. The number of fused-ring (bicyclic) bond motifs is 1. The number of nitrogens with one attached hydrogen (secondary N) is 1. The maximum Gasteiger partial charge on any atom is 0.307 e. The summed E-state index contributed by atoms with van der Waals surface area (Å²) in [5, 5.41) is 0. The zero-order chi connectivity index (χ0) is 23.3. The van der Waals surface area contributed by atoms with Crippen molar-refractivity contribution in [3.8, 4) is 11.5 Å². The zero-order valence-electron chi connectivity index (χ0n) is 18.8. The number of carbonyl (C=O) groups excluding carboxylic acids is 2. The fourth-order valence-corrected chi connectivity index (χ4v) is 5.13. The lowest BCUT2D eigenvalue weighted by molar-refractivity contribution is -0.160. The van der Waals surface area contributed by atoms with E-state index in [0.717, 1.165) is 6.42 Å². The van der Waals surface area contributed by atoms with Crippen molar-refractivity contribution < 1.29 is 32.2 Å². The van der Waals surface area contributed by atoms with Gasteiger partial charge in [-0.25, -0.2) is 13.1 Å². The van der Waals surface area contributed by atoms with Crippen molar-refractivity contribution in [1.29, 1.82) is 0 Å². The number of benzene rings is 1. The summed E-state index contributed by atoms with van der Waals surface area (Å²) in [7, 11) is -3.84. The van der Waals surface area contributed by atoms with E-state index >= 15 is 0 Å². The van der Waals surface area contributed by atoms with E-state index in [1.54, 1.807) is 17.9 Å². The minimum Gasteiger partial charge on any atom is -0.490 e. The van der Waals surface area contributed by atoms with E-state index in [9.17, 15) is 18.0 Å². The number of carbonyl (C=O) groups is 2. The first-order valence-corrected chi connectivity index (χ1v) is 12.5. The number of nitrogens with zero attached hydrogens (tertiary/aromatic N) is 1. The highest BCUT2D eigenvalue weighted by Crippen LogP contribution is 2.31. The standard InChI is InChI=1S/C22H32N2O7S/c1-15-11-16(2)14-24(13-15)22(26)17(3)31-21(25)7-8-23-32(27,28)18-5-6-19-20(12-18)30-10-4-9-29-19/h5-6,12,15-17,23H,4,7-11,13-14H2,1-3H3/t15-,16+,17-/m1/s1. The van der Waals surface area contributed by atoms with Crippen LogP contribution in [0.15, 0.2) is 23.1 Å². The van der Waals surface area contributed by atoms with Crippen LogP contribution in [0.4, 0.5) is 0 Å². The number of likely N-dealkylation sites (tertiary alicyclic amines) is 1. The Balaban J connectivity index is 1.48. The first-order valence-electron chi connectivity index (χ1n) is 11.0. The highest BCUT2D eigenvalue weighted by molar-refractivity contribution is 7.89. The number of rotatable bonds is 7. The van der Waals surface area contributed by atoms with Gasteiger partial charge < -0.3 is 19.1 Å². The van der Waals surface area contributed by atoms with Crippen molar-refractivity contribution >= 4 is 21.9 Å². The van der Waals surface area contributed by atoms with Gasteiger partial charge in [-0.05, 0) is 37.3 Å². The number of piperidine rings is 1. The third-order valence-electron chi connectivity index (χ3n) is 5.49. The molecule has 1 saturated heterocycles. The monoisotopic (exact) mass is 468 g/mol. The SMILES string of the molecule is C[C@@H]1C[C@H](C)CN(C(=O)[C@@H](C)OC(=O)CCNS(=O)(=O)c2ccc3c(c2)OCCCO3)C1. The third kappa shape index (κ3) is 6.35. The molecule has 9 nitrogen and oxygen atoms in total. The van der Waals surface area contributed by atoms with E-state index in [2.05, 4.69) is 18.6 Å². The van der Waals surface area contributed by atoms with Gasteiger partial charge in [0, 0.05) is 32.1 Å². The van der Waals surface area contributed by atoms with Crippen LogP contribution in [0, 0.1) is 11.8 Å². The average Bonchev–Trinajstić information content (AvgIpc) is 2.97. The number of sulfonamides is 1. The number of esters is 1. The average molecular weight is 469 g/mol. The molecule has 0 aromatic heterocycles. The smallest absolute Gasteiger partial charge is 0.307 e. The lowest BCUT2D eigenvalue weighted by atomic mass is 9.91. The van der Waals surface area contributed by atoms with Gasteiger partial charge in [-0.1, -0.05) is 13.8 Å². The first-order chi connectivity index (χ1) is 15.2. The maximum atomic E-state index is 12.6. The van der Waals surface area contributed by atoms with Gasteiger partial charge in [0.05, 0.1) is 24.5 Å². The molecular weight excluding hydrogens is 436 g/mol. The van der Waals surface area contributed by atoms with Crippen molar-refractivity contribution in [2.45, 2.75) is 51.0 Å². The summed E-state index contributed by atoms with van der Waals surface area (Å²) in [6.07, 6.45) is 0.696. The van der Waals surface area contributed by atoms with Crippen LogP contribution < -0.4 is 14.2 Å².